The molecule has 1 aromatic heterocycles. The topological polar surface area (TPSA) is 52.3 Å². The second-order valence-corrected chi connectivity index (χ2v) is 5.63. The Morgan fingerprint density at radius 2 is 1.95 bits per heavy atom. The maximum atomic E-state index is 12.3. The number of benzene rings is 1. The predicted molar refractivity (Wildman–Crippen MR) is 84.1 cm³/mol. The Labute approximate surface area is 123 Å². The van der Waals surface area contributed by atoms with Crippen molar-refractivity contribution < 1.29 is 9.53 Å². The summed E-state index contributed by atoms with van der Waals surface area (Å²) >= 11 is 1.47. The van der Waals surface area contributed by atoms with Crippen molar-refractivity contribution in [2.75, 3.05) is 12.3 Å². The first-order valence-corrected chi connectivity index (χ1v) is 7.64. The van der Waals surface area contributed by atoms with Gasteiger partial charge in [-0.25, -0.2) is 4.79 Å². The molecule has 0 aliphatic heterocycles. The molecule has 0 bridgehead atoms. The lowest BCUT2D eigenvalue weighted by Crippen LogP contribution is -2.08. The third kappa shape index (κ3) is 2.85. The van der Waals surface area contributed by atoms with Crippen LogP contribution in [0.4, 0.5) is 5.00 Å². The molecule has 0 aliphatic carbocycles. The summed E-state index contributed by atoms with van der Waals surface area (Å²) in [7, 11) is 0. The highest BCUT2D eigenvalue weighted by Crippen LogP contribution is 2.39. The summed E-state index contributed by atoms with van der Waals surface area (Å²) in [5, 5.41) is 0.543. The number of aryl methyl sites for hydroxylation is 1. The molecule has 0 fully saturated rings. The lowest BCUT2D eigenvalue weighted by molar-refractivity contribution is 0.0507. The van der Waals surface area contributed by atoms with Crippen LogP contribution in [0.5, 0.6) is 0 Å². The summed E-state index contributed by atoms with van der Waals surface area (Å²) in [4.78, 5) is 13.4. The maximum Gasteiger partial charge on any atom is 0.341 e. The molecule has 0 amide bonds. The fraction of sp³-hybridized carbons (Fsp3) is 0.312. The first-order valence-electron chi connectivity index (χ1n) is 6.82. The number of ether oxygens (including phenoxy) is 1. The number of carbonyl (C=O) groups excluding carboxylic acids is 1. The molecule has 2 N–H and O–H groups in total. The van der Waals surface area contributed by atoms with E-state index < -0.39 is 0 Å². The van der Waals surface area contributed by atoms with Crippen LogP contribution in [0.3, 0.4) is 0 Å². The average Bonchev–Trinajstić information content (AvgIpc) is 2.82. The van der Waals surface area contributed by atoms with Crippen molar-refractivity contribution in [2.45, 2.75) is 26.7 Å². The Bertz CT molecular complexity index is 590. The van der Waals surface area contributed by atoms with Gasteiger partial charge >= 0.3 is 5.97 Å². The van der Waals surface area contributed by atoms with Gasteiger partial charge in [-0.2, -0.15) is 0 Å². The highest BCUT2D eigenvalue weighted by Gasteiger charge is 2.23. The molecule has 0 saturated heterocycles. The van der Waals surface area contributed by atoms with E-state index in [9.17, 15) is 4.79 Å². The zero-order valence-corrected chi connectivity index (χ0v) is 12.6. The third-order valence-electron chi connectivity index (χ3n) is 3.03. The zero-order valence-electron chi connectivity index (χ0n) is 11.8. The fourth-order valence-corrected chi connectivity index (χ4v) is 3.15. The normalized spacial score (nSPS) is 10.5. The Balaban J connectivity index is 2.51. The SMILES string of the molecule is CCCOC(=O)c1c(N)sc(CC)c1-c1ccccc1. The molecule has 0 atom stereocenters. The van der Waals surface area contributed by atoms with Gasteiger partial charge in [0.05, 0.1) is 6.61 Å². The molecule has 0 spiro atoms. The van der Waals surface area contributed by atoms with Crippen LogP contribution in [0.25, 0.3) is 11.1 Å². The van der Waals surface area contributed by atoms with Crippen LogP contribution in [0, 0.1) is 0 Å². The standard InChI is InChI=1S/C16H19NO2S/c1-3-10-19-16(18)14-13(11-8-6-5-7-9-11)12(4-2)20-15(14)17/h5-9H,3-4,10,17H2,1-2H3. The van der Waals surface area contributed by atoms with E-state index in [-0.39, 0.29) is 5.97 Å². The Morgan fingerprint density at radius 1 is 1.25 bits per heavy atom. The van der Waals surface area contributed by atoms with E-state index in [2.05, 4.69) is 6.92 Å². The molecule has 1 aromatic carbocycles. The monoisotopic (exact) mass is 289 g/mol. The number of rotatable bonds is 5. The van der Waals surface area contributed by atoms with E-state index in [0.29, 0.717) is 17.2 Å². The van der Waals surface area contributed by atoms with Crippen LogP contribution in [0.1, 0.15) is 35.5 Å². The van der Waals surface area contributed by atoms with Crippen molar-refractivity contribution in [1.82, 2.24) is 0 Å². The minimum Gasteiger partial charge on any atom is -0.462 e. The van der Waals surface area contributed by atoms with Gasteiger partial charge < -0.3 is 10.5 Å². The van der Waals surface area contributed by atoms with E-state index in [1.807, 2.05) is 37.3 Å². The predicted octanol–water partition coefficient (Wildman–Crippen LogP) is 4.13. The lowest BCUT2D eigenvalue weighted by atomic mass is 10.0. The quantitative estimate of drug-likeness (QED) is 0.842. The van der Waals surface area contributed by atoms with Crippen LogP contribution in [0.15, 0.2) is 30.3 Å². The van der Waals surface area contributed by atoms with Gasteiger partial charge in [-0.05, 0) is 18.4 Å². The second-order valence-electron chi connectivity index (χ2n) is 4.49. The van der Waals surface area contributed by atoms with E-state index in [4.69, 9.17) is 10.5 Å². The van der Waals surface area contributed by atoms with Gasteiger partial charge in [0.2, 0.25) is 0 Å². The molecule has 1 heterocycles. The van der Waals surface area contributed by atoms with Gasteiger partial charge in [0, 0.05) is 10.4 Å². The number of hydrogen-bond acceptors (Lipinski definition) is 4. The Morgan fingerprint density at radius 3 is 2.55 bits per heavy atom. The van der Waals surface area contributed by atoms with Crippen molar-refractivity contribution in [1.29, 1.82) is 0 Å². The molecule has 2 rings (SSSR count). The number of nitrogens with two attached hydrogens (primary N) is 1. The van der Waals surface area contributed by atoms with Crippen LogP contribution in [0.2, 0.25) is 0 Å². The molecule has 0 radical (unpaired) electrons. The molecule has 4 heteroatoms. The minimum atomic E-state index is -0.320. The van der Waals surface area contributed by atoms with Gasteiger partial charge in [-0.15, -0.1) is 11.3 Å². The van der Waals surface area contributed by atoms with Crippen LogP contribution >= 0.6 is 11.3 Å². The molecule has 0 aliphatic rings. The summed E-state index contributed by atoms with van der Waals surface area (Å²) in [5.41, 5.74) is 8.51. The van der Waals surface area contributed by atoms with E-state index in [1.54, 1.807) is 0 Å². The minimum absolute atomic E-state index is 0.320. The molecule has 0 saturated carbocycles. The van der Waals surface area contributed by atoms with Crippen molar-refractivity contribution >= 4 is 22.3 Å². The first-order chi connectivity index (χ1) is 9.69. The fourth-order valence-electron chi connectivity index (χ4n) is 2.13. The molecular formula is C16H19NO2S. The smallest absolute Gasteiger partial charge is 0.341 e. The summed E-state index contributed by atoms with van der Waals surface area (Å²) in [6.45, 7) is 4.46. The van der Waals surface area contributed by atoms with Crippen LogP contribution in [-0.4, -0.2) is 12.6 Å². The molecule has 20 heavy (non-hydrogen) atoms. The van der Waals surface area contributed by atoms with E-state index >= 15 is 0 Å². The average molecular weight is 289 g/mol. The second kappa shape index (κ2) is 6.57. The van der Waals surface area contributed by atoms with Crippen LogP contribution < -0.4 is 5.73 Å². The number of hydrogen-bond donors (Lipinski definition) is 1. The summed E-state index contributed by atoms with van der Waals surface area (Å²) in [6.07, 6.45) is 1.65. The van der Waals surface area contributed by atoms with Gasteiger partial charge in [-0.3, -0.25) is 0 Å². The van der Waals surface area contributed by atoms with E-state index in [0.717, 1.165) is 28.8 Å². The zero-order chi connectivity index (χ0) is 14.5. The Kier molecular flexibility index (Phi) is 4.79. The molecule has 3 nitrogen and oxygen atoms in total. The van der Waals surface area contributed by atoms with Gasteiger partial charge in [0.15, 0.2) is 0 Å². The molecular weight excluding hydrogens is 270 g/mol. The Hall–Kier alpha value is -1.81. The van der Waals surface area contributed by atoms with Crippen molar-refractivity contribution in [3.05, 3.63) is 40.8 Å². The third-order valence-corrected chi connectivity index (χ3v) is 4.20. The first kappa shape index (κ1) is 14.6. The number of anilines is 1. The van der Waals surface area contributed by atoms with Crippen molar-refractivity contribution in [2.24, 2.45) is 0 Å². The summed E-state index contributed by atoms with van der Waals surface area (Å²) in [5.74, 6) is -0.320. The van der Waals surface area contributed by atoms with Crippen molar-refractivity contribution in [3.8, 4) is 11.1 Å². The lowest BCUT2D eigenvalue weighted by Gasteiger charge is -2.08. The maximum absolute atomic E-state index is 12.3. The molecule has 0 unspecified atom stereocenters. The summed E-state index contributed by atoms with van der Waals surface area (Å²) < 4.78 is 5.27. The highest BCUT2D eigenvalue weighted by molar-refractivity contribution is 7.17. The largest absolute Gasteiger partial charge is 0.462 e. The summed E-state index contributed by atoms with van der Waals surface area (Å²) in [6, 6.07) is 9.88. The van der Waals surface area contributed by atoms with Crippen molar-refractivity contribution in [3.63, 3.8) is 0 Å². The number of thiophene rings is 1. The number of nitrogen functional groups attached to an aromatic ring is 1. The van der Waals surface area contributed by atoms with Gasteiger partial charge in [0.1, 0.15) is 10.6 Å². The highest BCUT2D eigenvalue weighted by atomic mass is 32.1. The van der Waals surface area contributed by atoms with Gasteiger partial charge in [0.25, 0.3) is 0 Å². The van der Waals surface area contributed by atoms with E-state index in [1.165, 1.54) is 11.3 Å². The number of esters is 1. The van der Waals surface area contributed by atoms with Crippen LogP contribution in [-0.2, 0) is 11.2 Å². The number of carbonyl (C=O) groups is 1. The van der Waals surface area contributed by atoms with Gasteiger partial charge in [-0.1, -0.05) is 44.2 Å². The molecule has 2 aromatic rings. The molecule has 106 valence electrons.